The number of hydrogen-bond acceptors (Lipinski definition) is 4. The molecule has 1 atom stereocenters. The number of nitrogen functional groups attached to an aromatic ring is 1. The summed E-state index contributed by atoms with van der Waals surface area (Å²) in [6, 6.07) is 4.40. The molecule has 0 aliphatic carbocycles. The lowest BCUT2D eigenvalue weighted by molar-refractivity contribution is 0.243. The monoisotopic (exact) mass is 273 g/mol. The van der Waals surface area contributed by atoms with Crippen molar-refractivity contribution in [2.45, 2.75) is 32.9 Å². The summed E-state index contributed by atoms with van der Waals surface area (Å²) in [5.74, 6) is 0.538. The minimum Gasteiger partial charge on any atom is -0.384 e. The number of aromatic nitrogens is 3. The van der Waals surface area contributed by atoms with Crippen LogP contribution in [0.5, 0.6) is 0 Å². The van der Waals surface area contributed by atoms with Gasteiger partial charge in [-0.15, -0.1) is 0 Å². The van der Waals surface area contributed by atoms with E-state index in [1.165, 1.54) is 0 Å². The quantitative estimate of drug-likeness (QED) is 0.877. The van der Waals surface area contributed by atoms with Crippen LogP contribution in [0.15, 0.2) is 30.9 Å². The third kappa shape index (κ3) is 3.36. The maximum Gasteiger partial charge on any atom is 0.123 e. The molecule has 5 nitrogen and oxygen atoms in total. The highest BCUT2D eigenvalue weighted by molar-refractivity contribution is 5.59. The molecule has 2 aromatic heterocycles. The lowest BCUT2D eigenvalue weighted by atomic mass is 10.2. The van der Waals surface area contributed by atoms with Crippen molar-refractivity contribution >= 4 is 5.82 Å². The van der Waals surface area contributed by atoms with Crippen molar-refractivity contribution in [3.05, 3.63) is 30.9 Å². The van der Waals surface area contributed by atoms with E-state index in [4.69, 9.17) is 5.73 Å². The van der Waals surface area contributed by atoms with Gasteiger partial charge in [0.2, 0.25) is 0 Å². The van der Waals surface area contributed by atoms with Crippen LogP contribution >= 0.6 is 0 Å². The highest BCUT2D eigenvalue weighted by Crippen LogP contribution is 2.18. The van der Waals surface area contributed by atoms with Crippen LogP contribution in [0, 0.1) is 0 Å². The molecule has 20 heavy (non-hydrogen) atoms. The van der Waals surface area contributed by atoms with Crippen molar-refractivity contribution in [3.63, 3.8) is 0 Å². The number of hydrogen-bond donors (Lipinski definition) is 1. The first kappa shape index (κ1) is 14.5. The summed E-state index contributed by atoms with van der Waals surface area (Å²) in [6.07, 6.45) is 6.70. The summed E-state index contributed by atoms with van der Waals surface area (Å²) in [7, 11) is 2.16. The number of rotatable bonds is 6. The van der Waals surface area contributed by atoms with Gasteiger partial charge in [0.05, 0.1) is 18.2 Å². The second-order valence-corrected chi connectivity index (χ2v) is 5.18. The Morgan fingerprint density at radius 1 is 1.35 bits per heavy atom. The number of likely N-dealkylation sites (N-methyl/N-ethyl adjacent to an activating group) is 1. The zero-order valence-corrected chi connectivity index (χ0v) is 12.5. The van der Waals surface area contributed by atoms with Crippen molar-refractivity contribution in [3.8, 4) is 11.3 Å². The number of anilines is 1. The Morgan fingerprint density at radius 2 is 2.15 bits per heavy atom. The van der Waals surface area contributed by atoms with Crippen LogP contribution < -0.4 is 5.73 Å². The molecule has 0 bridgehead atoms. The van der Waals surface area contributed by atoms with Gasteiger partial charge in [0.1, 0.15) is 5.82 Å². The van der Waals surface area contributed by atoms with E-state index in [9.17, 15) is 0 Å². The Morgan fingerprint density at radius 3 is 2.80 bits per heavy atom. The second-order valence-electron chi connectivity index (χ2n) is 5.18. The Labute approximate surface area is 120 Å². The Hall–Kier alpha value is -1.88. The minimum atomic E-state index is 0.538. The van der Waals surface area contributed by atoms with E-state index in [0.717, 1.165) is 30.8 Å². The summed E-state index contributed by atoms with van der Waals surface area (Å²) in [4.78, 5) is 10.8. The summed E-state index contributed by atoms with van der Waals surface area (Å²) in [5.41, 5.74) is 7.75. The molecule has 0 fully saturated rings. The number of nitrogens with two attached hydrogens (primary N) is 1. The largest absolute Gasteiger partial charge is 0.384 e. The van der Waals surface area contributed by atoms with Crippen LogP contribution in [0.25, 0.3) is 11.3 Å². The van der Waals surface area contributed by atoms with Crippen LogP contribution in [0.1, 0.15) is 20.3 Å². The molecule has 1 unspecified atom stereocenters. The van der Waals surface area contributed by atoms with Gasteiger partial charge in [0.15, 0.2) is 0 Å². The van der Waals surface area contributed by atoms with Gasteiger partial charge in [-0.3, -0.25) is 0 Å². The van der Waals surface area contributed by atoms with Crippen LogP contribution in [-0.2, 0) is 6.54 Å². The molecule has 2 N–H and O–H groups in total. The van der Waals surface area contributed by atoms with Crippen molar-refractivity contribution in [2.24, 2.45) is 0 Å². The standard InChI is InChI=1S/C15H23N5/c1-4-12(2)19(3)7-8-20-11-17-10-14(20)13-5-6-15(16)18-9-13/h5-6,9-12H,4,7-8H2,1-3H3,(H2,16,18). The first-order chi connectivity index (χ1) is 9.61. The smallest absolute Gasteiger partial charge is 0.123 e. The normalized spacial score (nSPS) is 12.8. The first-order valence-electron chi connectivity index (χ1n) is 7.04. The minimum absolute atomic E-state index is 0.538. The third-order valence-electron chi connectivity index (χ3n) is 3.83. The fraction of sp³-hybridized carbons (Fsp3) is 0.467. The molecule has 5 heteroatoms. The fourth-order valence-corrected chi connectivity index (χ4v) is 2.09. The Kier molecular flexibility index (Phi) is 4.74. The molecule has 0 aliphatic heterocycles. The van der Waals surface area contributed by atoms with Crippen molar-refractivity contribution in [1.82, 2.24) is 19.4 Å². The predicted octanol–water partition coefficient (Wildman–Crippen LogP) is 2.26. The first-order valence-corrected chi connectivity index (χ1v) is 7.04. The van der Waals surface area contributed by atoms with Gasteiger partial charge >= 0.3 is 0 Å². The van der Waals surface area contributed by atoms with Crippen LogP contribution in [0.3, 0.4) is 0 Å². The zero-order chi connectivity index (χ0) is 14.5. The van der Waals surface area contributed by atoms with Gasteiger partial charge < -0.3 is 15.2 Å². The summed E-state index contributed by atoms with van der Waals surface area (Å²) >= 11 is 0. The summed E-state index contributed by atoms with van der Waals surface area (Å²) in [5, 5.41) is 0. The molecule has 0 saturated heterocycles. The van der Waals surface area contributed by atoms with Gasteiger partial charge in [0.25, 0.3) is 0 Å². The molecule has 0 amide bonds. The van der Waals surface area contributed by atoms with Crippen molar-refractivity contribution < 1.29 is 0 Å². The van der Waals surface area contributed by atoms with Crippen molar-refractivity contribution in [1.29, 1.82) is 0 Å². The Balaban J connectivity index is 2.07. The number of pyridine rings is 1. The number of imidazole rings is 1. The van der Waals surface area contributed by atoms with E-state index in [2.05, 4.69) is 40.3 Å². The molecule has 0 spiro atoms. The SMILES string of the molecule is CCC(C)N(C)CCn1cncc1-c1ccc(N)nc1. The van der Waals surface area contributed by atoms with Crippen molar-refractivity contribution in [2.75, 3.05) is 19.3 Å². The van der Waals surface area contributed by atoms with E-state index in [-0.39, 0.29) is 0 Å². The summed E-state index contributed by atoms with van der Waals surface area (Å²) in [6.45, 7) is 6.38. The third-order valence-corrected chi connectivity index (χ3v) is 3.83. The zero-order valence-electron chi connectivity index (χ0n) is 12.5. The molecule has 2 aromatic rings. The van der Waals surface area contributed by atoms with Gasteiger partial charge in [-0.1, -0.05) is 6.92 Å². The molecule has 0 saturated carbocycles. The average Bonchev–Trinajstić information content (AvgIpc) is 2.93. The highest BCUT2D eigenvalue weighted by atomic mass is 15.2. The fourth-order valence-electron chi connectivity index (χ4n) is 2.09. The van der Waals surface area contributed by atoms with E-state index < -0.39 is 0 Å². The van der Waals surface area contributed by atoms with Crippen LogP contribution in [0.4, 0.5) is 5.82 Å². The summed E-state index contributed by atoms with van der Waals surface area (Å²) < 4.78 is 2.16. The number of nitrogens with zero attached hydrogens (tertiary/aromatic N) is 4. The van der Waals surface area contributed by atoms with Gasteiger partial charge in [0, 0.05) is 30.9 Å². The molecular weight excluding hydrogens is 250 g/mol. The molecule has 2 rings (SSSR count). The van der Waals surface area contributed by atoms with Crippen LogP contribution in [0.2, 0.25) is 0 Å². The molecular formula is C15H23N5. The maximum absolute atomic E-state index is 5.62. The highest BCUT2D eigenvalue weighted by Gasteiger charge is 2.09. The van der Waals surface area contributed by atoms with Gasteiger partial charge in [-0.25, -0.2) is 9.97 Å². The molecule has 108 valence electrons. The average molecular weight is 273 g/mol. The van der Waals surface area contributed by atoms with E-state index in [1.54, 1.807) is 6.20 Å². The lowest BCUT2D eigenvalue weighted by Crippen LogP contribution is -2.31. The maximum atomic E-state index is 5.62. The molecule has 2 heterocycles. The van der Waals surface area contributed by atoms with Gasteiger partial charge in [-0.2, -0.15) is 0 Å². The van der Waals surface area contributed by atoms with Gasteiger partial charge in [-0.05, 0) is 32.5 Å². The lowest BCUT2D eigenvalue weighted by Gasteiger charge is -2.23. The molecule has 0 radical (unpaired) electrons. The Bertz CT molecular complexity index is 531. The van der Waals surface area contributed by atoms with E-state index >= 15 is 0 Å². The van der Waals surface area contributed by atoms with Crippen LogP contribution in [-0.4, -0.2) is 39.1 Å². The van der Waals surface area contributed by atoms with E-state index in [1.807, 2.05) is 24.7 Å². The molecule has 0 aliphatic rings. The van der Waals surface area contributed by atoms with E-state index in [0.29, 0.717) is 11.9 Å². The predicted molar refractivity (Wildman–Crippen MR) is 82.3 cm³/mol. The molecule has 0 aromatic carbocycles. The second kappa shape index (κ2) is 6.52. The topological polar surface area (TPSA) is 60.0 Å².